The number of Topliss-reactive ketones (excluding diaryl/α,β-unsaturated/α-hetero) is 1. The zero-order valence-corrected chi connectivity index (χ0v) is 21.4. The van der Waals surface area contributed by atoms with Gasteiger partial charge in [-0.2, -0.15) is 0 Å². The SMILES string of the molecule is CC(F)(F)c1cccc(CC(=O)CNC(=O)C2[C@H]3CN(C4CCC(NS(=O)(=O)C5CC5)CC4)C[C@@H]23)c1. The summed E-state index contributed by atoms with van der Waals surface area (Å²) in [4.78, 5) is 27.4. The number of alkyl halides is 2. The van der Waals surface area contributed by atoms with Crippen LogP contribution in [0.1, 0.15) is 56.6 Å². The molecule has 4 fully saturated rings. The van der Waals surface area contributed by atoms with Gasteiger partial charge in [0, 0.05) is 50.0 Å². The third kappa shape index (κ3) is 5.81. The monoisotopic (exact) mass is 523 g/mol. The van der Waals surface area contributed by atoms with Gasteiger partial charge in [0.25, 0.3) is 5.92 Å². The average Bonchev–Trinajstić information content (AvgIpc) is 3.74. The summed E-state index contributed by atoms with van der Waals surface area (Å²) in [5.74, 6) is -2.69. The van der Waals surface area contributed by atoms with Crippen LogP contribution in [0.5, 0.6) is 0 Å². The van der Waals surface area contributed by atoms with E-state index >= 15 is 0 Å². The van der Waals surface area contributed by atoms with Gasteiger partial charge in [0.1, 0.15) is 0 Å². The zero-order valence-electron chi connectivity index (χ0n) is 20.6. The van der Waals surface area contributed by atoms with Gasteiger partial charge in [-0.05, 0) is 62.0 Å². The number of carbonyl (C=O) groups excluding carboxylic acids is 2. The molecular formula is C26H35F2N3O4S. The average molecular weight is 524 g/mol. The zero-order chi connectivity index (χ0) is 25.7. The predicted octanol–water partition coefficient (Wildman–Crippen LogP) is 2.60. The van der Waals surface area contributed by atoms with Crippen LogP contribution < -0.4 is 10.0 Å². The number of sulfonamides is 1. The molecule has 1 amide bonds. The number of benzene rings is 1. The lowest BCUT2D eigenvalue weighted by Crippen LogP contribution is -2.45. The van der Waals surface area contributed by atoms with E-state index in [1.54, 1.807) is 6.07 Å². The molecule has 3 atom stereocenters. The van der Waals surface area contributed by atoms with Crippen molar-refractivity contribution in [3.63, 3.8) is 0 Å². The van der Waals surface area contributed by atoms with Crippen molar-refractivity contribution in [2.24, 2.45) is 17.8 Å². The Morgan fingerprint density at radius 3 is 2.33 bits per heavy atom. The Hall–Kier alpha value is -1.91. The molecule has 0 aromatic heterocycles. The van der Waals surface area contributed by atoms with Crippen LogP contribution >= 0.6 is 0 Å². The number of hydrogen-bond acceptors (Lipinski definition) is 5. The quantitative estimate of drug-likeness (QED) is 0.492. The van der Waals surface area contributed by atoms with Crippen LogP contribution in [0.15, 0.2) is 24.3 Å². The standard InChI is InChI=1S/C26H35F2N3O4S/c1-26(27,28)17-4-2-3-16(11-17)12-20(32)13-29-25(33)24-22-14-31(15-23(22)24)19-7-5-18(6-8-19)30-36(34,35)21-9-10-21/h2-4,11,18-19,21-24,30H,5-10,12-15H2,1H3,(H,29,33)/t18?,19?,22-,23+,24?. The molecule has 1 aromatic carbocycles. The Morgan fingerprint density at radius 1 is 1.06 bits per heavy atom. The minimum atomic E-state index is -3.14. The second-order valence-corrected chi connectivity index (χ2v) is 13.2. The number of nitrogens with one attached hydrogen (secondary N) is 2. The van der Waals surface area contributed by atoms with Crippen molar-refractivity contribution in [1.29, 1.82) is 0 Å². The van der Waals surface area contributed by atoms with Crippen LogP contribution in [0.2, 0.25) is 0 Å². The van der Waals surface area contributed by atoms with Crippen molar-refractivity contribution < 1.29 is 26.8 Å². The van der Waals surface area contributed by atoms with Crippen LogP contribution in [-0.4, -0.2) is 62.0 Å². The minimum Gasteiger partial charge on any atom is -0.349 e. The van der Waals surface area contributed by atoms with Gasteiger partial charge in [-0.1, -0.05) is 18.2 Å². The summed E-state index contributed by atoms with van der Waals surface area (Å²) in [5.41, 5.74) is 0.391. The van der Waals surface area contributed by atoms with E-state index in [0.29, 0.717) is 23.4 Å². The summed E-state index contributed by atoms with van der Waals surface area (Å²) in [6.07, 6.45) is 5.20. The maximum Gasteiger partial charge on any atom is 0.270 e. The smallest absolute Gasteiger partial charge is 0.270 e. The van der Waals surface area contributed by atoms with Gasteiger partial charge < -0.3 is 5.32 Å². The van der Waals surface area contributed by atoms with E-state index in [9.17, 15) is 26.8 Å². The molecule has 0 radical (unpaired) electrons. The summed E-state index contributed by atoms with van der Waals surface area (Å²) in [5, 5.41) is 2.57. The molecule has 36 heavy (non-hydrogen) atoms. The highest BCUT2D eigenvalue weighted by Gasteiger charge is 2.60. The Bertz CT molecular complexity index is 1100. The fourth-order valence-electron chi connectivity index (χ4n) is 6.06. The fraction of sp³-hybridized carbons (Fsp3) is 0.692. The Balaban J connectivity index is 1.01. The molecule has 198 valence electrons. The van der Waals surface area contributed by atoms with E-state index in [-0.39, 0.29) is 47.4 Å². The summed E-state index contributed by atoms with van der Waals surface area (Å²) in [6, 6.07) is 6.33. The summed E-state index contributed by atoms with van der Waals surface area (Å²) in [6.45, 7) is 2.48. The van der Waals surface area contributed by atoms with Crippen LogP contribution in [0, 0.1) is 17.8 Å². The first kappa shape index (κ1) is 25.7. The van der Waals surface area contributed by atoms with E-state index < -0.39 is 15.9 Å². The number of halogens is 2. The van der Waals surface area contributed by atoms with Crippen molar-refractivity contribution in [3.05, 3.63) is 35.4 Å². The number of nitrogens with zero attached hydrogens (tertiary/aromatic N) is 1. The molecule has 1 aliphatic heterocycles. The molecule has 1 aromatic rings. The number of amides is 1. The van der Waals surface area contributed by atoms with Gasteiger partial charge in [0.05, 0.1) is 11.8 Å². The minimum absolute atomic E-state index is 0.00892. The Kier molecular flexibility index (Phi) is 6.97. The lowest BCUT2D eigenvalue weighted by atomic mass is 9.90. The highest BCUT2D eigenvalue weighted by atomic mass is 32.2. The number of rotatable bonds is 10. The first-order chi connectivity index (χ1) is 17.0. The van der Waals surface area contributed by atoms with Crippen LogP contribution in [0.25, 0.3) is 0 Å². The molecule has 3 saturated carbocycles. The third-order valence-corrected chi connectivity index (χ3v) is 10.3. The van der Waals surface area contributed by atoms with Gasteiger partial charge in [-0.15, -0.1) is 0 Å². The fourth-order valence-corrected chi connectivity index (χ4v) is 7.71. The molecule has 5 rings (SSSR count). The molecule has 10 heteroatoms. The molecule has 1 unspecified atom stereocenters. The number of ketones is 1. The van der Waals surface area contributed by atoms with Crippen molar-refractivity contribution in [3.8, 4) is 0 Å². The maximum atomic E-state index is 13.5. The molecule has 4 aliphatic rings. The molecule has 0 bridgehead atoms. The topological polar surface area (TPSA) is 95.6 Å². The molecule has 2 N–H and O–H groups in total. The van der Waals surface area contributed by atoms with Gasteiger partial charge in [0.2, 0.25) is 15.9 Å². The predicted molar refractivity (Wildman–Crippen MR) is 131 cm³/mol. The number of likely N-dealkylation sites (tertiary alicyclic amines) is 1. The van der Waals surface area contributed by atoms with Crippen molar-refractivity contribution in [1.82, 2.24) is 14.9 Å². The highest BCUT2D eigenvalue weighted by molar-refractivity contribution is 7.90. The van der Waals surface area contributed by atoms with E-state index in [1.165, 1.54) is 18.2 Å². The lowest BCUT2D eigenvalue weighted by Gasteiger charge is -2.36. The lowest BCUT2D eigenvalue weighted by molar-refractivity contribution is -0.126. The normalized spacial score (nSPS) is 30.6. The number of carbonyl (C=O) groups is 2. The second-order valence-electron chi connectivity index (χ2n) is 11.2. The van der Waals surface area contributed by atoms with Gasteiger partial charge >= 0.3 is 0 Å². The van der Waals surface area contributed by atoms with Gasteiger partial charge in [0.15, 0.2) is 5.78 Å². The van der Waals surface area contributed by atoms with Crippen LogP contribution in [0.3, 0.4) is 0 Å². The second kappa shape index (κ2) is 9.76. The van der Waals surface area contributed by atoms with Crippen LogP contribution in [0.4, 0.5) is 8.78 Å². The number of fused-ring (bicyclic) bond motifs is 1. The maximum absolute atomic E-state index is 13.5. The summed E-state index contributed by atoms with van der Waals surface area (Å²) >= 11 is 0. The van der Waals surface area contributed by atoms with E-state index in [4.69, 9.17) is 0 Å². The van der Waals surface area contributed by atoms with Crippen molar-refractivity contribution in [2.45, 2.75) is 75.1 Å². The van der Waals surface area contributed by atoms with Crippen molar-refractivity contribution in [2.75, 3.05) is 19.6 Å². The molecule has 7 nitrogen and oxygen atoms in total. The molecule has 0 spiro atoms. The first-order valence-corrected chi connectivity index (χ1v) is 14.6. The number of piperidine rings is 1. The van der Waals surface area contributed by atoms with Gasteiger partial charge in [-0.3, -0.25) is 14.5 Å². The molecule has 1 heterocycles. The summed E-state index contributed by atoms with van der Waals surface area (Å²) in [7, 11) is -3.14. The molecule has 3 aliphatic carbocycles. The largest absolute Gasteiger partial charge is 0.349 e. The third-order valence-electron chi connectivity index (χ3n) is 8.33. The molecular weight excluding hydrogens is 488 g/mol. The first-order valence-electron chi connectivity index (χ1n) is 13.0. The van der Waals surface area contributed by atoms with E-state index in [0.717, 1.165) is 58.5 Å². The van der Waals surface area contributed by atoms with E-state index in [2.05, 4.69) is 14.9 Å². The highest BCUT2D eigenvalue weighted by Crippen LogP contribution is 2.53. The summed E-state index contributed by atoms with van der Waals surface area (Å²) < 4.78 is 54.3. The van der Waals surface area contributed by atoms with E-state index in [1.807, 2.05) is 0 Å². The van der Waals surface area contributed by atoms with Gasteiger partial charge in [-0.25, -0.2) is 21.9 Å². The molecule has 1 saturated heterocycles. The Labute approximate surface area is 211 Å². The van der Waals surface area contributed by atoms with Crippen molar-refractivity contribution >= 4 is 21.7 Å². The van der Waals surface area contributed by atoms with Crippen LogP contribution in [-0.2, 0) is 32.0 Å². The number of hydrogen-bond donors (Lipinski definition) is 2. The Morgan fingerprint density at radius 2 is 1.72 bits per heavy atom.